The number of carbonyl (C=O) groups is 1. The van der Waals surface area contributed by atoms with E-state index in [0.29, 0.717) is 13.0 Å². The second kappa shape index (κ2) is 9.23. The van der Waals surface area contributed by atoms with Crippen molar-refractivity contribution in [2.24, 2.45) is 5.92 Å². The van der Waals surface area contributed by atoms with Gasteiger partial charge in [0.1, 0.15) is 5.75 Å². The van der Waals surface area contributed by atoms with E-state index in [1.165, 1.54) is 12.8 Å². The number of carbonyl (C=O) groups excluding carboxylic acids is 1. The molecule has 34 heavy (non-hydrogen) atoms. The number of ether oxygens (including phenoxy) is 1. The van der Waals surface area contributed by atoms with Crippen LogP contribution in [0.2, 0.25) is 0 Å². The second-order valence-corrected chi connectivity index (χ2v) is 10.5. The molecule has 182 valence electrons. The van der Waals surface area contributed by atoms with Crippen LogP contribution in [-0.4, -0.2) is 66.2 Å². The van der Waals surface area contributed by atoms with Crippen molar-refractivity contribution in [1.29, 1.82) is 0 Å². The first kappa shape index (κ1) is 23.2. The highest BCUT2D eigenvalue weighted by molar-refractivity contribution is 5.91. The summed E-state index contributed by atoms with van der Waals surface area (Å²) in [6.45, 7) is 2.77. The monoisotopic (exact) mass is 464 g/mol. The molecule has 3 aliphatic rings. The number of fused-ring (bicyclic) bond motifs is 1. The lowest BCUT2D eigenvalue weighted by Crippen LogP contribution is -2.67. The summed E-state index contributed by atoms with van der Waals surface area (Å²) in [5.41, 5.74) is 0.767. The minimum atomic E-state index is -0.820. The fourth-order valence-corrected chi connectivity index (χ4v) is 6.14. The molecule has 6 heteroatoms. The summed E-state index contributed by atoms with van der Waals surface area (Å²) >= 11 is 0. The van der Waals surface area contributed by atoms with Gasteiger partial charge in [-0.05, 0) is 80.8 Å². The van der Waals surface area contributed by atoms with Gasteiger partial charge in [0, 0.05) is 43.2 Å². The number of β-amino-alcohol motifs (C(OH)–C–C–N with tert-alkyl or cyclic N) is 1. The van der Waals surface area contributed by atoms with Crippen molar-refractivity contribution in [2.75, 3.05) is 33.8 Å². The second-order valence-electron chi connectivity index (χ2n) is 10.5. The minimum absolute atomic E-state index is 0.0244. The maximum atomic E-state index is 13.0. The average molecular weight is 465 g/mol. The summed E-state index contributed by atoms with van der Waals surface area (Å²) in [5.74, 6) is 1.59. The molecule has 2 aromatic rings. The molecule has 0 unspecified atom stereocenters. The lowest BCUT2D eigenvalue weighted by Gasteiger charge is -2.59. The molecule has 1 aliphatic heterocycles. The number of nitrogens with zero attached hydrogens (tertiary/aromatic N) is 2. The van der Waals surface area contributed by atoms with Crippen molar-refractivity contribution in [3.8, 4) is 5.75 Å². The van der Waals surface area contributed by atoms with Crippen LogP contribution in [0.5, 0.6) is 5.75 Å². The number of piperidine rings is 1. The first-order chi connectivity index (χ1) is 16.4. The van der Waals surface area contributed by atoms with E-state index in [1.54, 1.807) is 31.8 Å². The van der Waals surface area contributed by atoms with Gasteiger partial charge in [0.15, 0.2) is 0 Å². The summed E-state index contributed by atoms with van der Waals surface area (Å²) in [4.78, 5) is 17.3. The number of methoxy groups -OCH3 is 1. The maximum Gasteiger partial charge on any atom is 0.246 e. The Kier molecular flexibility index (Phi) is 6.30. The molecule has 1 aromatic carbocycles. The number of benzene rings is 1. The Hall–Kier alpha value is -2.57. The third-order valence-electron chi connectivity index (χ3n) is 8.40. The Morgan fingerprint density at radius 3 is 2.88 bits per heavy atom. The van der Waals surface area contributed by atoms with E-state index in [1.807, 2.05) is 30.1 Å². The van der Waals surface area contributed by atoms with Gasteiger partial charge in [-0.2, -0.15) is 0 Å². The molecule has 3 fully saturated rings. The summed E-state index contributed by atoms with van der Waals surface area (Å²) in [6, 6.07) is 10.1. The number of rotatable bonds is 7. The fourth-order valence-electron chi connectivity index (χ4n) is 6.14. The third kappa shape index (κ3) is 4.41. The van der Waals surface area contributed by atoms with Gasteiger partial charge in [-0.15, -0.1) is 0 Å². The third-order valence-corrected chi connectivity index (χ3v) is 8.40. The quantitative estimate of drug-likeness (QED) is 0.625. The number of aliphatic hydroxyl groups is 1. The average Bonchev–Trinajstić information content (AvgIpc) is 3.51. The molecule has 6 nitrogen and oxygen atoms in total. The molecular formula is C28H36N2O4. The van der Waals surface area contributed by atoms with Crippen molar-refractivity contribution in [2.45, 2.75) is 55.6 Å². The van der Waals surface area contributed by atoms with Crippen LogP contribution in [0.1, 0.15) is 49.7 Å². The zero-order valence-corrected chi connectivity index (χ0v) is 20.3. The van der Waals surface area contributed by atoms with Gasteiger partial charge in [0.05, 0.1) is 25.2 Å². The van der Waals surface area contributed by atoms with Crippen LogP contribution in [0.4, 0.5) is 0 Å². The summed E-state index contributed by atoms with van der Waals surface area (Å²) < 4.78 is 10.6. The molecule has 1 amide bonds. The predicted molar refractivity (Wildman–Crippen MR) is 132 cm³/mol. The molecule has 5 rings (SSSR count). The predicted octanol–water partition coefficient (Wildman–Crippen LogP) is 4.10. The fraction of sp³-hybridized carbons (Fsp3) is 0.536. The zero-order valence-electron chi connectivity index (χ0n) is 20.3. The Morgan fingerprint density at radius 2 is 2.15 bits per heavy atom. The van der Waals surface area contributed by atoms with E-state index in [9.17, 15) is 9.90 Å². The van der Waals surface area contributed by atoms with Crippen LogP contribution in [0.15, 0.2) is 53.4 Å². The van der Waals surface area contributed by atoms with Crippen molar-refractivity contribution in [3.05, 3.63) is 60.1 Å². The molecule has 1 saturated heterocycles. The van der Waals surface area contributed by atoms with E-state index in [-0.39, 0.29) is 11.9 Å². The van der Waals surface area contributed by atoms with Gasteiger partial charge in [-0.1, -0.05) is 12.1 Å². The van der Waals surface area contributed by atoms with Crippen LogP contribution in [0.3, 0.4) is 0 Å². The van der Waals surface area contributed by atoms with Crippen molar-refractivity contribution in [3.63, 3.8) is 0 Å². The molecule has 3 atom stereocenters. The Balaban J connectivity index is 1.41. The standard InChI is InChI=1S/C28H36N2O4/c1-29(26(31)9-8-22-11-15-34-19-22)24-10-12-28(32)20-30(18-21-6-7-21)14-13-27(28,17-24)23-4-3-5-25(16-23)33-2/h3-5,8-9,11,15-16,19,21,24,32H,6-7,10,12-14,17-18,20H2,1-2H3/b9-8+/t24-,27+,28+/m1/s1. The van der Waals surface area contributed by atoms with Gasteiger partial charge >= 0.3 is 0 Å². The van der Waals surface area contributed by atoms with Crippen LogP contribution < -0.4 is 4.74 Å². The van der Waals surface area contributed by atoms with Gasteiger partial charge < -0.3 is 24.1 Å². The van der Waals surface area contributed by atoms with Crippen molar-refractivity contribution < 1.29 is 19.1 Å². The molecular weight excluding hydrogens is 428 g/mol. The summed E-state index contributed by atoms with van der Waals surface area (Å²) in [6.07, 6.45) is 12.4. The molecule has 2 aliphatic carbocycles. The van der Waals surface area contributed by atoms with E-state index in [4.69, 9.17) is 9.15 Å². The van der Waals surface area contributed by atoms with E-state index >= 15 is 0 Å². The summed E-state index contributed by atoms with van der Waals surface area (Å²) in [7, 11) is 3.57. The van der Waals surface area contributed by atoms with Gasteiger partial charge in [0.2, 0.25) is 5.91 Å². The molecule has 0 bridgehead atoms. The first-order valence-corrected chi connectivity index (χ1v) is 12.5. The van der Waals surface area contributed by atoms with E-state index in [0.717, 1.165) is 55.1 Å². The minimum Gasteiger partial charge on any atom is -0.497 e. The Labute approximate surface area is 202 Å². The topological polar surface area (TPSA) is 66.2 Å². The Morgan fingerprint density at radius 1 is 1.29 bits per heavy atom. The number of hydrogen-bond acceptors (Lipinski definition) is 5. The lowest BCUT2D eigenvalue weighted by atomic mass is 9.55. The molecule has 0 spiro atoms. The smallest absolute Gasteiger partial charge is 0.246 e. The number of likely N-dealkylation sites (N-methyl/N-ethyl adjacent to an activating group) is 1. The van der Waals surface area contributed by atoms with E-state index in [2.05, 4.69) is 17.0 Å². The first-order valence-electron chi connectivity index (χ1n) is 12.5. The molecule has 2 heterocycles. The van der Waals surface area contributed by atoms with Crippen LogP contribution in [-0.2, 0) is 10.2 Å². The highest BCUT2D eigenvalue weighted by atomic mass is 16.5. The maximum absolute atomic E-state index is 13.0. The SMILES string of the molecule is COc1cccc([C@@]23CCN(CC4CC4)C[C@@]2(O)CC[C@@H](N(C)C(=O)/C=C/c2ccoc2)C3)c1. The lowest BCUT2D eigenvalue weighted by molar-refractivity contribution is -0.144. The van der Waals surface area contributed by atoms with Crippen LogP contribution in [0.25, 0.3) is 6.08 Å². The normalized spacial score (nSPS) is 29.7. The highest BCUT2D eigenvalue weighted by Crippen LogP contribution is 2.53. The molecule has 1 N–H and O–H groups in total. The summed E-state index contributed by atoms with van der Waals surface area (Å²) in [5, 5.41) is 12.2. The molecule has 2 saturated carbocycles. The number of likely N-dealkylation sites (tertiary alicyclic amines) is 1. The van der Waals surface area contributed by atoms with Crippen molar-refractivity contribution in [1.82, 2.24) is 9.80 Å². The zero-order chi connectivity index (χ0) is 23.8. The number of furan rings is 1. The number of hydrogen-bond donors (Lipinski definition) is 1. The van der Waals surface area contributed by atoms with Gasteiger partial charge in [-0.3, -0.25) is 4.79 Å². The van der Waals surface area contributed by atoms with E-state index < -0.39 is 11.0 Å². The van der Waals surface area contributed by atoms with Crippen LogP contribution >= 0.6 is 0 Å². The van der Waals surface area contributed by atoms with Crippen molar-refractivity contribution >= 4 is 12.0 Å². The Bertz CT molecular complexity index is 1030. The van der Waals surface area contributed by atoms with Gasteiger partial charge in [-0.25, -0.2) is 0 Å². The van der Waals surface area contributed by atoms with Gasteiger partial charge in [0.25, 0.3) is 0 Å². The highest BCUT2D eigenvalue weighted by Gasteiger charge is 2.58. The number of amides is 1. The molecule has 1 aromatic heterocycles. The van der Waals surface area contributed by atoms with Crippen LogP contribution in [0, 0.1) is 5.92 Å². The largest absolute Gasteiger partial charge is 0.497 e. The molecule has 0 radical (unpaired) electrons.